The van der Waals surface area contributed by atoms with Gasteiger partial charge in [0.15, 0.2) is 0 Å². The molecule has 4 aromatic rings. The maximum atomic E-state index is 9.50. The summed E-state index contributed by atoms with van der Waals surface area (Å²) in [6.45, 7) is 6.08. The number of allylic oxidation sites excluding steroid dienone is 3. The van der Waals surface area contributed by atoms with Gasteiger partial charge in [0.2, 0.25) is 0 Å². The van der Waals surface area contributed by atoms with Crippen molar-refractivity contribution in [1.29, 1.82) is 0 Å². The highest BCUT2D eigenvalue weighted by Crippen LogP contribution is 2.62. The summed E-state index contributed by atoms with van der Waals surface area (Å²) >= 11 is 0. The summed E-state index contributed by atoms with van der Waals surface area (Å²) in [4.78, 5) is 0. The minimum absolute atomic E-state index is 0.248. The normalized spacial score (nSPS) is 14.0. The van der Waals surface area contributed by atoms with Crippen molar-refractivity contribution in [3.8, 4) is 22.3 Å². The van der Waals surface area contributed by atoms with Crippen molar-refractivity contribution in [2.75, 3.05) is 7.18 Å². The van der Waals surface area contributed by atoms with E-state index in [0.29, 0.717) is 7.18 Å². The van der Waals surface area contributed by atoms with Crippen LogP contribution in [0.2, 0.25) is 0 Å². The SMILES string of the molecule is C=C/C(=C\C)c1ccc2c(c1)-c1ccccc1C21c2ccccc2-c2ccccc21.CF. The fourth-order valence-electron chi connectivity index (χ4n) is 5.68. The van der Waals surface area contributed by atoms with Crippen molar-refractivity contribution in [2.24, 2.45) is 0 Å². The minimum atomic E-state index is -0.248. The zero-order chi connectivity index (χ0) is 22.3. The van der Waals surface area contributed by atoms with E-state index in [9.17, 15) is 4.39 Å². The summed E-state index contributed by atoms with van der Waals surface area (Å²) in [6.07, 6.45) is 4.07. The van der Waals surface area contributed by atoms with Gasteiger partial charge >= 0.3 is 0 Å². The first kappa shape index (κ1) is 20.2. The monoisotopic (exact) mass is 416 g/mol. The third-order valence-electron chi connectivity index (χ3n) is 6.86. The van der Waals surface area contributed by atoms with Crippen LogP contribution in [0, 0.1) is 0 Å². The molecule has 0 aromatic heterocycles. The first-order chi connectivity index (χ1) is 15.8. The van der Waals surface area contributed by atoms with Gasteiger partial charge in [0.25, 0.3) is 0 Å². The van der Waals surface area contributed by atoms with E-state index in [4.69, 9.17) is 0 Å². The Hall–Kier alpha value is -3.71. The van der Waals surface area contributed by atoms with E-state index in [1.165, 1.54) is 55.6 Å². The lowest BCUT2D eigenvalue weighted by Gasteiger charge is -2.30. The second-order valence-electron chi connectivity index (χ2n) is 8.10. The number of hydrogen-bond donors (Lipinski definition) is 0. The largest absolute Gasteiger partial charge is 0.255 e. The van der Waals surface area contributed by atoms with Crippen LogP contribution >= 0.6 is 0 Å². The number of fused-ring (bicyclic) bond motifs is 10. The molecule has 0 radical (unpaired) electrons. The summed E-state index contributed by atoms with van der Waals surface area (Å²) < 4.78 is 9.50. The van der Waals surface area contributed by atoms with Crippen molar-refractivity contribution in [2.45, 2.75) is 12.3 Å². The molecule has 32 heavy (non-hydrogen) atoms. The molecule has 0 atom stereocenters. The van der Waals surface area contributed by atoms with Gasteiger partial charge in [0.1, 0.15) is 0 Å². The molecule has 2 aliphatic rings. The molecule has 0 heterocycles. The Morgan fingerprint density at radius 1 is 0.656 bits per heavy atom. The number of rotatable bonds is 2. The summed E-state index contributed by atoms with van der Waals surface area (Å²) in [5.74, 6) is 0. The lowest BCUT2D eigenvalue weighted by atomic mass is 9.70. The lowest BCUT2D eigenvalue weighted by molar-refractivity contribution is 0.636. The van der Waals surface area contributed by atoms with Crippen molar-refractivity contribution in [3.05, 3.63) is 138 Å². The Kier molecular flexibility index (Phi) is 4.90. The van der Waals surface area contributed by atoms with Gasteiger partial charge in [-0.05, 0) is 68.6 Å². The molecule has 6 rings (SSSR count). The van der Waals surface area contributed by atoms with Crippen LogP contribution in [-0.2, 0) is 5.41 Å². The summed E-state index contributed by atoms with van der Waals surface area (Å²) in [7, 11) is 0.500. The molecule has 2 aliphatic carbocycles. The smallest absolute Gasteiger partial charge is 0.0785 e. The van der Waals surface area contributed by atoms with Gasteiger partial charge in [-0.3, -0.25) is 4.39 Å². The number of benzene rings is 4. The molecule has 4 aromatic carbocycles. The molecule has 0 aliphatic heterocycles. The second-order valence-corrected chi connectivity index (χ2v) is 8.10. The fourth-order valence-corrected chi connectivity index (χ4v) is 5.68. The Morgan fingerprint density at radius 2 is 1.09 bits per heavy atom. The van der Waals surface area contributed by atoms with Gasteiger partial charge < -0.3 is 0 Å². The van der Waals surface area contributed by atoms with Crippen molar-refractivity contribution in [3.63, 3.8) is 0 Å². The Morgan fingerprint density at radius 3 is 1.56 bits per heavy atom. The topological polar surface area (TPSA) is 0 Å². The molecular formula is C31H25F. The van der Waals surface area contributed by atoms with Crippen LogP contribution in [0.1, 0.15) is 34.7 Å². The minimum Gasteiger partial charge on any atom is -0.255 e. The molecule has 1 spiro atoms. The van der Waals surface area contributed by atoms with Crippen molar-refractivity contribution >= 4 is 5.57 Å². The number of hydrogen-bond acceptors (Lipinski definition) is 0. The average Bonchev–Trinajstić information content (AvgIpc) is 3.33. The quantitative estimate of drug-likeness (QED) is 0.250. The molecule has 0 N–H and O–H groups in total. The fraction of sp³-hybridized carbons (Fsp3) is 0.0968. The summed E-state index contributed by atoms with van der Waals surface area (Å²) in [5.41, 5.74) is 13.0. The van der Waals surface area contributed by atoms with Crippen LogP contribution in [-0.4, -0.2) is 7.18 Å². The van der Waals surface area contributed by atoms with E-state index < -0.39 is 0 Å². The zero-order valence-electron chi connectivity index (χ0n) is 18.4. The molecule has 0 saturated carbocycles. The molecule has 0 nitrogen and oxygen atoms in total. The van der Waals surface area contributed by atoms with Gasteiger partial charge in [-0.25, -0.2) is 0 Å². The van der Waals surface area contributed by atoms with Crippen LogP contribution in [0.25, 0.3) is 27.8 Å². The first-order valence-electron chi connectivity index (χ1n) is 10.9. The molecule has 0 unspecified atom stereocenters. The highest BCUT2D eigenvalue weighted by atomic mass is 19.1. The predicted molar refractivity (Wildman–Crippen MR) is 134 cm³/mol. The van der Waals surface area contributed by atoms with E-state index in [1.54, 1.807) is 0 Å². The van der Waals surface area contributed by atoms with Gasteiger partial charge in [0.05, 0.1) is 12.6 Å². The van der Waals surface area contributed by atoms with Crippen LogP contribution in [0.4, 0.5) is 4.39 Å². The Bertz CT molecular complexity index is 1330. The number of alkyl halides is 1. The summed E-state index contributed by atoms with van der Waals surface area (Å²) in [5, 5.41) is 0. The second kappa shape index (κ2) is 7.76. The predicted octanol–water partition coefficient (Wildman–Crippen LogP) is 8.21. The lowest BCUT2D eigenvalue weighted by Crippen LogP contribution is -2.25. The first-order valence-corrected chi connectivity index (χ1v) is 10.9. The zero-order valence-corrected chi connectivity index (χ0v) is 18.4. The maximum absolute atomic E-state index is 9.50. The van der Waals surface area contributed by atoms with Gasteiger partial charge in [0, 0.05) is 0 Å². The van der Waals surface area contributed by atoms with Crippen LogP contribution < -0.4 is 0 Å². The highest BCUT2D eigenvalue weighted by molar-refractivity contribution is 5.95. The Balaban J connectivity index is 0.00000105. The molecule has 0 fully saturated rings. The van der Waals surface area contributed by atoms with E-state index in [-0.39, 0.29) is 5.41 Å². The molecule has 1 heteroatoms. The average molecular weight is 417 g/mol. The van der Waals surface area contributed by atoms with Gasteiger partial charge in [-0.15, -0.1) is 0 Å². The van der Waals surface area contributed by atoms with E-state index in [2.05, 4.69) is 111 Å². The van der Waals surface area contributed by atoms with Gasteiger partial charge in [-0.2, -0.15) is 0 Å². The van der Waals surface area contributed by atoms with E-state index >= 15 is 0 Å². The Labute approximate surface area is 189 Å². The summed E-state index contributed by atoms with van der Waals surface area (Å²) in [6, 6.07) is 33.7. The van der Waals surface area contributed by atoms with Crippen molar-refractivity contribution in [1.82, 2.24) is 0 Å². The third-order valence-corrected chi connectivity index (χ3v) is 6.86. The molecule has 156 valence electrons. The third kappa shape index (κ3) is 2.48. The molecular weight excluding hydrogens is 391 g/mol. The van der Waals surface area contributed by atoms with Gasteiger partial charge in [-0.1, -0.05) is 104 Å². The van der Waals surface area contributed by atoms with Crippen molar-refractivity contribution < 1.29 is 4.39 Å². The van der Waals surface area contributed by atoms with Crippen LogP contribution in [0.5, 0.6) is 0 Å². The molecule has 0 bridgehead atoms. The maximum Gasteiger partial charge on any atom is 0.0785 e. The molecule has 0 saturated heterocycles. The van der Waals surface area contributed by atoms with Crippen LogP contribution in [0.15, 0.2) is 110 Å². The molecule has 0 amide bonds. The van der Waals surface area contributed by atoms with E-state index in [1.807, 2.05) is 6.08 Å². The standard InChI is InChI=1S/C30H22.CH3F/c1-3-20(4-2)21-17-18-29-25(19-21)24-13-7-10-16-28(24)30(29)26-14-8-5-11-22(26)23-12-6-9-15-27(23)30;1-2/h3-19H,1H2,2H3;1H3/b20-4+;. The number of halogens is 1. The highest BCUT2D eigenvalue weighted by Gasteiger charge is 2.51. The van der Waals surface area contributed by atoms with E-state index in [0.717, 1.165) is 0 Å². The van der Waals surface area contributed by atoms with Crippen LogP contribution in [0.3, 0.4) is 0 Å².